The van der Waals surface area contributed by atoms with Gasteiger partial charge in [-0.3, -0.25) is 29.8 Å². The Bertz CT molecular complexity index is 4140. The number of alkyl halides is 1. The van der Waals surface area contributed by atoms with Crippen LogP contribution in [0.4, 0.5) is 113 Å². The van der Waals surface area contributed by atoms with Crippen LogP contribution in [0.25, 0.3) is 17.2 Å². The lowest BCUT2D eigenvalue weighted by molar-refractivity contribution is -0.390. The average Bonchev–Trinajstić information content (AvgIpc) is 1.68. The Morgan fingerprint density at radius 1 is 0.533 bits per heavy atom. The van der Waals surface area contributed by atoms with Gasteiger partial charge in [0.2, 0.25) is 35.0 Å². The number of halogens is 19. The summed E-state index contributed by atoms with van der Waals surface area (Å²) in [5.41, 5.74) is 12.3. The van der Waals surface area contributed by atoms with E-state index in [-0.39, 0.29) is 59.4 Å². The zero-order valence-electron chi connectivity index (χ0n) is 44.2. The van der Waals surface area contributed by atoms with Crippen molar-refractivity contribution in [1.29, 1.82) is 0 Å². The number of aryl methyl sites for hydroxylation is 1. The van der Waals surface area contributed by atoms with Crippen molar-refractivity contribution in [3.05, 3.63) is 230 Å². The van der Waals surface area contributed by atoms with Crippen molar-refractivity contribution in [1.82, 2.24) is 19.6 Å². The van der Waals surface area contributed by atoms with Gasteiger partial charge in [-0.25, -0.2) is 61.5 Å². The van der Waals surface area contributed by atoms with Gasteiger partial charge in [0.1, 0.15) is 69.4 Å². The highest BCUT2D eigenvalue weighted by Gasteiger charge is 2.29. The van der Waals surface area contributed by atoms with Gasteiger partial charge in [-0.05, 0) is 19.1 Å². The molecular formula is C52H33BrF18N10O9. The smallest absolute Gasteiger partial charge is 0.341 e. The van der Waals surface area contributed by atoms with E-state index < -0.39 is 184 Å². The third-order valence-electron chi connectivity index (χ3n) is 11.2. The number of aliphatic hydroxyl groups is 2. The van der Waals surface area contributed by atoms with Gasteiger partial charge in [0.15, 0.2) is 58.9 Å². The van der Waals surface area contributed by atoms with E-state index in [4.69, 9.17) is 37.6 Å². The van der Waals surface area contributed by atoms with Crippen molar-refractivity contribution >= 4 is 68.5 Å². The summed E-state index contributed by atoms with van der Waals surface area (Å²) < 4.78 is 238. The molecule has 90 heavy (non-hydrogen) atoms. The standard InChI is InChI=1S/C17H13F3N6O.C7H5BrF3N.C7H4F3NO3.C7H2F3NO3.C7H6F3NO.C7H3F3O/c1-7-2-3-12(27-7)16-25-17(22)24-15-8(6-23-26(15)16)4-9-10(18)5-11(19)14(21)13(9)20;8-2-3-4(9)1-5(10)7(12)6(3)11;2*8-4-1-5(9)7(11(13)14)6(10)3(4)2-12;8-4-1-5(9)7(11)6(10)3(4)2-12;8-4-1-6(9)5(3-11)7(10)2-4/h2-3,5-6H,4,21H2,1H3,(H2,22,24);1H,2,12H2;1,12H,2H2;1-2H;1,12H,2,11H2;1-3H. The van der Waals surface area contributed by atoms with Crippen molar-refractivity contribution < 1.29 is 113 Å². The van der Waals surface area contributed by atoms with Crippen molar-refractivity contribution in [2.24, 2.45) is 0 Å². The number of furan rings is 1. The van der Waals surface area contributed by atoms with Gasteiger partial charge in [-0.1, -0.05) is 15.9 Å². The predicted molar refractivity (Wildman–Crippen MR) is 280 cm³/mol. The van der Waals surface area contributed by atoms with Gasteiger partial charge in [0, 0.05) is 70.9 Å². The molecule has 19 nitrogen and oxygen atoms in total. The lowest BCUT2D eigenvalue weighted by Crippen LogP contribution is -2.07. The van der Waals surface area contributed by atoms with E-state index in [9.17, 15) is 109 Å². The third kappa shape index (κ3) is 16.6. The maximum Gasteiger partial charge on any atom is 0.341 e. The largest absolute Gasteiger partial charge is 0.458 e. The van der Waals surface area contributed by atoms with Crippen LogP contribution >= 0.6 is 15.9 Å². The highest BCUT2D eigenvalue weighted by Crippen LogP contribution is 2.31. The van der Waals surface area contributed by atoms with Crippen LogP contribution in [0.5, 0.6) is 0 Å². The number of hydrogen-bond donors (Lipinski definition) is 6. The molecule has 0 unspecified atom stereocenters. The number of nitro groups is 2. The first-order chi connectivity index (χ1) is 42.1. The summed E-state index contributed by atoms with van der Waals surface area (Å²) >= 11 is 2.86. The number of aromatic nitrogens is 4. The van der Waals surface area contributed by atoms with Crippen LogP contribution in [0.15, 0.2) is 65.2 Å². The lowest BCUT2D eigenvalue weighted by Gasteiger charge is -2.08. The Labute approximate surface area is 496 Å². The molecule has 0 aliphatic rings. The predicted octanol–water partition coefficient (Wildman–Crippen LogP) is 11.9. The molecule has 3 heterocycles. The third-order valence-corrected chi connectivity index (χ3v) is 11.8. The summed E-state index contributed by atoms with van der Waals surface area (Å²) in [6, 6.07) is 6.13. The second kappa shape index (κ2) is 31.0. The molecule has 10 N–H and O–H groups in total. The SMILES string of the molecule is Cc1ccc(-c2nc(N)nc3c(Cc4c(F)cc(F)c(N)c4F)cnn23)o1.Nc1c(F)cc(F)c(CBr)c1F.Nc1c(F)cc(F)c(CO)c1F.O=Cc1c(F)cc(F)c([N+](=O)[O-])c1F.O=Cc1c(F)cc(F)cc1F.O=[N+]([O-])c1c(F)cc(F)c(CO)c1F. The van der Waals surface area contributed by atoms with Crippen molar-refractivity contribution in [2.45, 2.75) is 31.9 Å². The lowest BCUT2D eigenvalue weighted by atomic mass is 10.0. The molecule has 0 fully saturated rings. The molecule has 0 aliphatic carbocycles. The Balaban J connectivity index is 0.000000240. The number of carbonyl (C=O) groups excluding carboxylic acids is 2. The van der Waals surface area contributed by atoms with Gasteiger partial charge >= 0.3 is 11.4 Å². The zero-order chi connectivity index (χ0) is 68.1. The van der Waals surface area contributed by atoms with Gasteiger partial charge in [0.05, 0.1) is 51.5 Å². The monoisotopic (exact) mass is 1360 g/mol. The number of aliphatic hydroxyl groups excluding tert-OH is 2. The number of nitrogens with zero attached hydrogens (tertiary/aromatic N) is 6. The molecule has 9 rings (SSSR count). The Morgan fingerprint density at radius 3 is 1.37 bits per heavy atom. The van der Waals surface area contributed by atoms with Crippen LogP contribution < -0.4 is 22.9 Å². The fourth-order valence-corrected chi connectivity index (χ4v) is 7.32. The van der Waals surface area contributed by atoms with Crippen molar-refractivity contribution in [2.75, 3.05) is 22.9 Å². The van der Waals surface area contributed by atoms with Crippen molar-refractivity contribution in [3.63, 3.8) is 0 Å². The fraction of sp³-hybridized carbons (Fsp3) is 0.0962. The number of anilines is 4. The van der Waals surface area contributed by atoms with E-state index in [0.717, 1.165) is 0 Å². The van der Waals surface area contributed by atoms with E-state index >= 15 is 0 Å². The maximum absolute atomic E-state index is 14.2. The molecule has 38 heteroatoms. The number of nitrogen functional groups attached to an aromatic ring is 4. The molecule has 0 amide bonds. The number of carbonyl (C=O) groups is 2. The van der Waals surface area contributed by atoms with Crippen LogP contribution in [0.1, 0.15) is 54.3 Å². The summed E-state index contributed by atoms with van der Waals surface area (Å²) in [5.74, 6) is -21.6. The van der Waals surface area contributed by atoms with Crippen LogP contribution in [-0.4, -0.2) is 52.2 Å². The molecule has 3 aromatic heterocycles. The van der Waals surface area contributed by atoms with Crippen molar-refractivity contribution in [3.8, 4) is 11.6 Å². The van der Waals surface area contributed by atoms with Crippen LogP contribution in [-0.2, 0) is 25.0 Å². The summed E-state index contributed by atoms with van der Waals surface area (Å²) in [6.07, 6.45) is 0.876. The normalized spacial score (nSPS) is 10.5. The van der Waals surface area contributed by atoms with E-state index in [1.54, 1.807) is 19.1 Å². The number of nitrogens with two attached hydrogens (primary N) is 4. The molecular weight excluding hydrogens is 1330 g/mol. The minimum atomic E-state index is -1.80. The van der Waals surface area contributed by atoms with Crippen LogP contribution in [0, 0.1) is 132 Å². The van der Waals surface area contributed by atoms with Gasteiger partial charge in [-0.2, -0.15) is 37.1 Å². The van der Waals surface area contributed by atoms with E-state index in [1.165, 1.54) is 10.7 Å². The number of nitro benzene ring substituents is 2. The summed E-state index contributed by atoms with van der Waals surface area (Å²) in [7, 11) is 0. The number of benzene rings is 6. The van der Waals surface area contributed by atoms with Gasteiger partial charge in [0.25, 0.3) is 0 Å². The van der Waals surface area contributed by atoms with Gasteiger partial charge < -0.3 is 37.6 Å². The molecule has 0 bridgehead atoms. The summed E-state index contributed by atoms with van der Waals surface area (Å²) in [5, 5.41) is 41.3. The quantitative estimate of drug-likeness (QED) is 0.0185. The second-order valence-electron chi connectivity index (χ2n) is 16.9. The zero-order valence-corrected chi connectivity index (χ0v) is 45.8. The first kappa shape index (κ1) is 72.1. The first-order valence-electron chi connectivity index (χ1n) is 23.4. The Hall–Kier alpha value is -10.4. The molecule has 478 valence electrons. The second-order valence-corrected chi connectivity index (χ2v) is 17.5. The average molecular weight is 1360 g/mol. The van der Waals surface area contributed by atoms with Crippen LogP contribution in [0.3, 0.4) is 0 Å². The molecule has 0 aliphatic heterocycles. The molecule has 0 spiro atoms. The highest BCUT2D eigenvalue weighted by molar-refractivity contribution is 9.08. The van der Waals surface area contributed by atoms with E-state index in [1.807, 2.05) is 0 Å². The van der Waals surface area contributed by atoms with Crippen LogP contribution in [0.2, 0.25) is 0 Å². The topological polar surface area (TPSA) is 321 Å². The Kier molecular flexibility index (Phi) is 24.8. The first-order valence-corrected chi connectivity index (χ1v) is 24.5. The minimum Gasteiger partial charge on any atom is -0.458 e. The molecule has 6 aromatic carbocycles. The Morgan fingerprint density at radius 2 is 0.933 bits per heavy atom. The number of rotatable bonds is 10. The summed E-state index contributed by atoms with van der Waals surface area (Å²) in [4.78, 5) is 45.9. The number of aldehydes is 2. The van der Waals surface area contributed by atoms with E-state index in [0.29, 0.717) is 47.4 Å². The molecule has 9 aromatic rings. The maximum atomic E-state index is 14.2. The molecule has 0 atom stereocenters. The number of hydrogen-bond acceptors (Lipinski definition) is 16. The van der Waals surface area contributed by atoms with E-state index in [2.05, 4.69) is 31.0 Å². The molecule has 0 radical (unpaired) electrons. The minimum absolute atomic E-state index is 0.00407. The highest BCUT2D eigenvalue weighted by atomic mass is 79.9. The summed E-state index contributed by atoms with van der Waals surface area (Å²) in [6.45, 7) is -0.148. The fourth-order valence-electron chi connectivity index (χ4n) is 6.81. The molecule has 0 saturated carbocycles. The number of fused-ring (bicyclic) bond motifs is 1. The van der Waals surface area contributed by atoms with Gasteiger partial charge in [-0.15, -0.1) is 0 Å². The molecule has 0 saturated heterocycles.